The SMILES string of the molecule is COc1ccccc1C(=O)NCC1CN(C)C(=O)CO1. The summed E-state index contributed by atoms with van der Waals surface area (Å²) in [6.07, 6.45) is -0.184. The molecule has 1 heterocycles. The Morgan fingerprint density at radius 1 is 1.50 bits per heavy atom. The summed E-state index contributed by atoms with van der Waals surface area (Å²) in [5, 5.41) is 2.80. The van der Waals surface area contributed by atoms with Crippen LogP contribution in [0.4, 0.5) is 0 Å². The molecule has 0 bridgehead atoms. The molecule has 1 N–H and O–H groups in total. The van der Waals surface area contributed by atoms with Crippen molar-refractivity contribution in [2.45, 2.75) is 6.10 Å². The zero-order valence-corrected chi connectivity index (χ0v) is 11.6. The van der Waals surface area contributed by atoms with E-state index in [1.807, 2.05) is 0 Å². The highest BCUT2D eigenvalue weighted by Crippen LogP contribution is 2.16. The first-order chi connectivity index (χ1) is 9.61. The average molecular weight is 278 g/mol. The van der Waals surface area contributed by atoms with Gasteiger partial charge in [0, 0.05) is 20.1 Å². The lowest BCUT2D eigenvalue weighted by atomic mass is 10.2. The number of hydrogen-bond donors (Lipinski definition) is 1. The molecule has 1 aromatic carbocycles. The van der Waals surface area contributed by atoms with Crippen LogP contribution in [0.3, 0.4) is 0 Å². The molecule has 1 aliphatic heterocycles. The van der Waals surface area contributed by atoms with E-state index in [9.17, 15) is 9.59 Å². The van der Waals surface area contributed by atoms with Gasteiger partial charge < -0.3 is 19.7 Å². The third-order valence-corrected chi connectivity index (χ3v) is 3.19. The van der Waals surface area contributed by atoms with Gasteiger partial charge in [-0.1, -0.05) is 12.1 Å². The first kappa shape index (κ1) is 14.3. The standard InChI is InChI=1S/C14H18N2O4/c1-16-8-10(20-9-13(16)17)7-15-14(18)11-5-3-4-6-12(11)19-2/h3-6,10H,7-9H2,1-2H3,(H,15,18). The predicted molar refractivity (Wildman–Crippen MR) is 72.7 cm³/mol. The first-order valence-corrected chi connectivity index (χ1v) is 6.38. The summed E-state index contributed by atoms with van der Waals surface area (Å²) in [6, 6.07) is 7.02. The molecule has 2 rings (SSSR count). The Labute approximate surface area is 117 Å². The van der Waals surface area contributed by atoms with Gasteiger partial charge in [-0.05, 0) is 12.1 Å². The van der Waals surface area contributed by atoms with E-state index in [4.69, 9.17) is 9.47 Å². The molecule has 1 unspecified atom stereocenters. The lowest BCUT2D eigenvalue weighted by Crippen LogP contribution is -2.48. The van der Waals surface area contributed by atoms with Crippen molar-refractivity contribution in [1.82, 2.24) is 10.2 Å². The smallest absolute Gasteiger partial charge is 0.255 e. The van der Waals surface area contributed by atoms with Crippen LogP contribution in [0.5, 0.6) is 5.75 Å². The van der Waals surface area contributed by atoms with Crippen molar-refractivity contribution in [3.05, 3.63) is 29.8 Å². The van der Waals surface area contributed by atoms with Gasteiger partial charge in [0.2, 0.25) is 5.91 Å². The topological polar surface area (TPSA) is 67.9 Å². The largest absolute Gasteiger partial charge is 0.496 e. The maximum absolute atomic E-state index is 12.1. The molecule has 0 aromatic heterocycles. The Morgan fingerprint density at radius 2 is 2.25 bits per heavy atom. The molecule has 2 amide bonds. The zero-order chi connectivity index (χ0) is 14.5. The zero-order valence-electron chi connectivity index (χ0n) is 11.6. The molecule has 1 aromatic rings. The third-order valence-electron chi connectivity index (χ3n) is 3.19. The molecular formula is C14H18N2O4. The number of para-hydroxylation sites is 1. The fraction of sp³-hybridized carbons (Fsp3) is 0.429. The van der Waals surface area contributed by atoms with Crippen LogP contribution < -0.4 is 10.1 Å². The van der Waals surface area contributed by atoms with E-state index >= 15 is 0 Å². The quantitative estimate of drug-likeness (QED) is 0.859. The molecule has 20 heavy (non-hydrogen) atoms. The molecule has 0 aliphatic carbocycles. The number of methoxy groups -OCH3 is 1. The van der Waals surface area contributed by atoms with Gasteiger partial charge in [-0.25, -0.2) is 0 Å². The molecular weight excluding hydrogens is 260 g/mol. The van der Waals surface area contributed by atoms with Crippen LogP contribution in [0.1, 0.15) is 10.4 Å². The Bertz CT molecular complexity index is 504. The minimum atomic E-state index is -0.217. The van der Waals surface area contributed by atoms with Gasteiger partial charge in [-0.15, -0.1) is 0 Å². The van der Waals surface area contributed by atoms with E-state index in [1.165, 1.54) is 7.11 Å². The van der Waals surface area contributed by atoms with Crippen LogP contribution in [-0.4, -0.2) is 56.7 Å². The number of rotatable bonds is 4. The van der Waals surface area contributed by atoms with E-state index < -0.39 is 0 Å². The van der Waals surface area contributed by atoms with Gasteiger partial charge in [0.15, 0.2) is 0 Å². The molecule has 1 aliphatic rings. The average Bonchev–Trinajstić information content (AvgIpc) is 2.48. The molecule has 6 heteroatoms. The molecule has 6 nitrogen and oxygen atoms in total. The van der Waals surface area contributed by atoms with Crippen LogP contribution in [0.25, 0.3) is 0 Å². The highest BCUT2D eigenvalue weighted by Gasteiger charge is 2.24. The highest BCUT2D eigenvalue weighted by molar-refractivity contribution is 5.96. The molecule has 0 spiro atoms. The van der Waals surface area contributed by atoms with E-state index in [1.54, 1.807) is 36.2 Å². The lowest BCUT2D eigenvalue weighted by molar-refractivity contribution is -0.146. The number of nitrogens with one attached hydrogen (secondary N) is 1. The summed E-state index contributed by atoms with van der Waals surface area (Å²) in [5.74, 6) is 0.268. The van der Waals surface area contributed by atoms with E-state index in [0.29, 0.717) is 24.4 Å². The van der Waals surface area contributed by atoms with Crippen molar-refractivity contribution < 1.29 is 19.1 Å². The maximum atomic E-state index is 12.1. The minimum Gasteiger partial charge on any atom is -0.496 e. The van der Waals surface area contributed by atoms with Crippen molar-refractivity contribution in [3.63, 3.8) is 0 Å². The molecule has 0 radical (unpaired) electrons. The van der Waals surface area contributed by atoms with Crippen molar-refractivity contribution in [1.29, 1.82) is 0 Å². The second-order valence-corrected chi connectivity index (χ2v) is 4.62. The number of hydrogen-bond acceptors (Lipinski definition) is 4. The second kappa shape index (κ2) is 6.38. The van der Waals surface area contributed by atoms with Crippen molar-refractivity contribution in [3.8, 4) is 5.75 Å². The van der Waals surface area contributed by atoms with Gasteiger partial charge in [0.25, 0.3) is 5.91 Å². The summed E-state index contributed by atoms with van der Waals surface area (Å²) in [7, 11) is 3.25. The number of amides is 2. The summed E-state index contributed by atoms with van der Waals surface area (Å²) >= 11 is 0. The normalized spacial score (nSPS) is 18.8. The molecule has 0 saturated carbocycles. The Balaban J connectivity index is 1.91. The van der Waals surface area contributed by atoms with Crippen molar-refractivity contribution in [2.24, 2.45) is 0 Å². The molecule has 1 atom stereocenters. The maximum Gasteiger partial charge on any atom is 0.255 e. The first-order valence-electron chi connectivity index (χ1n) is 6.38. The van der Waals surface area contributed by atoms with Crippen LogP contribution in [0, 0.1) is 0 Å². The third kappa shape index (κ3) is 3.27. The number of morpholine rings is 1. The van der Waals surface area contributed by atoms with Gasteiger partial charge in [0.05, 0.1) is 18.8 Å². The number of likely N-dealkylation sites (N-methyl/N-ethyl adjacent to an activating group) is 1. The Morgan fingerprint density at radius 3 is 2.95 bits per heavy atom. The molecule has 1 saturated heterocycles. The van der Waals surface area contributed by atoms with E-state index in [-0.39, 0.29) is 24.5 Å². The van der Waals surface area contributed by atoms with E-state index in [2.05, 4.69) is 5.32 Å². The van der Waals surface area contributed by atoms with E-state index in [0.717, 1.165) is 0 Å². The fourth-order valence-electron chi connectivity index (χ4n) is 2.02. The monoisotopic (exact) mass is 278 g/mol. The number of ether oxygens (including phenoxy) is 2. The Hall–Kier alpha value is -2.08. The van der Waals surface area contributed by atoms with Gasteiger partial charge >= 0.3 is 0 Å². The predicted octanol–water partition coefficient (Wildman–Crippen LogP) is 0.282. The van der Waals surface area contributed by atoms with Crippen LogP contribution in [0.2, 0.25) is 0 Å². The highest BCUT2D eigenvalue weighted by atomic mass is 16.5. The summed E-state index contributed by atoms with van der Waals surface area (Å²) in [4.78, 5) is 25.0. The number of carbonyl (C=O) groups is 2. The van der Waals surface area contributed by atoms with Gasteiger partial charge in [-0.3, -0.25) is 9.59 Å². The number of carbonyl (C=O) groups excluding carboxylic acids is 2. The van der Waals surface area contributed by atoms with Gasteiger partial charge in [-0.2, -0.15) is 0 Å². The summed E-state index contributed by atoms with van der Waals surface area (Å²) < 4.78 is 10.5. The lowest BCUT2D eigenvalue weighted by Gasteiger charge is -2.29. The number of nitrogens with zero attached hydrogens (tertiary/aromatic N) is 1. The summed E-state index contributed by atoms with van der Waals surface area (Å²) in [5.41, 5.74) is 0.482. The summed E-state index contributed by atoms with van der Waals surface area (Å²) in [6.45, 7) is 0.894. The second-order valence-electron chi connectivity index (χ2n) is 4.62. The van der Waals surface area contributed by atoms with Crippen LogP contribution >= 0.6 is 0 Å². The molecule has 108 valence electrons. The van der Waals surface area contributed by atoms with Crippen LogP contribution in [0.15, 0.2) is 24.3 Å². The van der Waals surface area contributed by atoms with Gasteiger partial charge in [0.1, 0.15) is 12.4 Å². The number of benzene rings is 1. The minimum absolute atomic E-state index is 0.0442. The van der Waals surface area contributed by atoms with Crippen LogP contribution in [-0.2, 0) is 9.53 Å². The Kier molecular flexibility index (Phi) is 4.57. The van der Waals surface area contributed by atoms with Crippen molar-refractivity contribution in [2.75, 3.05) is 33.9 Å². The van der Waals surface area contributed by atoms with Crippen molar-refractivity contribution >= 4 is 11.8 Å². The fourth-order valence-corrected chi connectivity index (χ4v) is 2.02. The molecule has 1 fully saturated rings.